The van der Waals surface area contributed by atoms with Crippen molar-refractivity contribution in [2.75, 3.05) is 81.6 Å². The van der Waals surface area contributed by atoms with Gasteiger partial charge in [-0.15, -0.1) is 6.58 Å². The van der Waals surface area contributed by atoms with Gasteiger partial charge in [-0.1, -0.05) is 6.08 Å². The SMILES string of the molecule is C=CC.CN(C)CCN(C)CCN(C)CCN(C)C. The van der Waals surface area contributed by atoms with E-state index in [0.29, 0.717) is 0 Å². The third kappa shape index (κ3) is 20.1. The Morgan fingerprint density at radius 1 is 0.632 bits per heavy atom. The average Bonchev–Trinajstić information content (AvgIpc) is 2.32. The summed E-state index contributed by atoms with van der Waals surface area (Å²) in [6, 6.07) is 0. The minimum Gasteiger partial charge on any atom is -0.308 e. The second-order valence-electron chi connectivity index (χ2n) is 5.62. The molecular weight excluding hydrogens is 236 g/mol. The molecule has 0 radical (unpaired) electrons. The highest BCUT2D eigenvalue weighted by atomic mass is 15.2. The summed E-state index contributed by atoms with van der Waals surface area (Å²) in [6.45, 7) is 12.1. The first-order valence-corrected chi connectivity index (χ1v) is 7.07. The van der Waals surface area contributed by atoms with Crippen molar-refractivity contribution < 1.29 is 0 Å². The fraction of sp³-hybridized carbons (Fsp3) is 0.867. The normalized spacial score (nSPS) is 11.1. The van der Waals surface area contributed by atoms with E-state index >= 15 is 0 Å². The summed E-state index contributed by atoms with van der Waals surface area (Å²) in [5, 5.41) is 0. The van der Waals surface area contributed by atoms with Gasteiger partial charge >= 0.3 is 0 Å². The second kappa shape index (κ2) is 14.0. The van der Waals surface area contributed by atoms with Gasteiger partial charge in [0.05, 0.1) is 0 Å². The van der Waals surface area contributed by atoms with Crippen LogP contribution in [0.15, 0.2) is 12.7 Å². The van der Waals surface area contributed by atoms with Crippen LogP contribution in [0.4, 0.5) is 0 Å². The molecule has 0 unspecified atom stereocenters. The fourth-order valence-electron chi connectivity index (χ4n) is 1.31. The maximum atomic E-state index is 3.36. The van der Waals surface area contributed by atoms with Crippen molar-refractivity contribution in [3.05, 3.63) is 12.7 Å². The third-order valence-electron chi connectivity index (χ3n) is 2.72. The lowest BCUT2D eigenvalue weighted by Gasteiger charge is -2.24. The van der Waals surface area contributed by atoms with Gasteiger partial charge in [-0.3, -0.25) is 0 Å². The van der Waals surface area contributed by atoms with Crippen LogP contribution in [0.1, 0.15) is 6.92 Å². The Bertz CT molecular complexity index is 175. The Kier molecular flexibility index (Phi) is 15.4. The van der Waals surface area contributed by atoms with Crippen LogP contribution in [0, 0.1) is 0 Å². The predicted molar refractivity (Wildman–Crippen MR) is 88.0 cm³/mol. The molecule has 0 aliphatic carbocycles. The molecule has 0 aromatic carbocycles. The Morgan fingerprint density at radius 3 is 1.05 bits per heavy atom. The van der Waals surface area contributed by atoms with E-state index in [1.807, 2.05) is 6.92 Å². The van der Waals surface area contributed by atoms with E-state index in [1.165, 1.54) is 0 Å². The third-order valence-corrected chi connectivity index (χ3v) is 2.72. The van der Waals surface area contributed by atoms with Gasteiger partial charge in [-0.05, 0) is 49.2 Å². The van der Waals surface area contributed by atoms with Gasteiger partial charge in [0, 0.05) is 39.3 Å². The molecular formula is C15H36N4. The van der Waals surface area contributed by atoms with Crippen molar-refractivity contribution >= 4 is 0 Å². The van der Waals surface area contributed by atoms with E-state index in [0.717, 1.165) is 39.3 Å². The second-order valence-corrected chi connectivity index (χ2v) is 5.62. The summed E-state index contributed by atoms with van der Waals surface area (Å²) in [5.74, 6) is 0. The number of hydrogen-bond acceptors (Lipinski definition) is 4. The molecule has 0 heterocycles. The molecule has 0 aliphatic rings. The monoisotopic (exact) mass is 272 g/mol. The Hall–Kier alpha value is -0.420. The maximum Gasteiger partial charge on any atom is 0.0107 e. The molecule has 0 aromatic heterocycles. The molecule has 4 nitrogen and oxygen atoms in total. The Morgan fingerprint density at radius 2 is 0.842 bits per heavy atom. The molecule has 0 saturated carbocycles. The predicted octanol–water partition coefficient (Wildman–Crippen LogP) is 1.17. The lowest BCUT2D eigenvalue weighted by Crippen LogP contribution is -2.37. The first kappa shape index (κ1) is 20.9. The van der Waals surface area contributed by atoms with E-state index in [1.54, 1.807) is 6.08 Å². The van der Waals surface area contributed by atoms with Crippen LogP contribution in [0.5, 0.6) is 0 Å². The summed E-state index contributed by atoms with van der Waals surface area (Å²) in [6.07, 6.45) is 1.75. The molecule has 0 spiro atoms. The van der Waals surface area contributed by atoms with Gasteiger partial charge in [0.2, 0.25) is 0 Å². The van der Waals surface area contributed by atoms with E-state index in [2.05, 4.69) is 68.5 Å². The molecule has 0 N–H and O–H groups in total. The number of allylic oxidation sites excluding steroid dienone is 1. The molecule has 0 amide bonds. The standard InChI is InChI=1S/C12H30N4.C3H6/c1-13(2)7-9-15(5)11-12-16(6)10-8-14(3)4;1-3-2/h7-12H2,1-6H3;3H,1H2,2H3. The van der Waals surface area contributed by atoms with Crippen LogP contribution in [-0.2, 0) is 0 Å². The molecule has 4 heteroatoms. The lowest BCUT2D eigenvalue weighted by molar-refractivity contribution is 0.225. The molecule has 0 saturated heterocycles. The number of likely N-dealkylation sites (N-methyl/N-ethyl adjacent to an activating group) is 4. The minimum atomic E-state index is 1.14. The van der Waals surface area contributed by atoms with Gasteiger partial charge < -0.3 is 19.6 Å². The zero-order valence-corrected chi connectivity index (χ0v) is 14.3. The number of nitrogens with zero attached hydrogens (tertiary/aromatic N) is 4. The van der Waals surface area contributed by atoms with E-state index in [9.17, 15) is 0 Å². The van der Waals surface area contributed by atoms with Crippen LogP contribution in [0.25, 0.3) is 0 Å². The quantitative estimate of drug-likeness (QED) is 0.584. The molecule has 0 aromatic rings. The summed E-state index contributed by atoms with van der Waals surface area (Å²) in [5.41, 5.74) is 0. The van der Waals surface area contributed by atoms with E-state index in [4.69, 9.17) is 0 Å². The van der Waals surface area contributed by atoms with Crippen LogP contribution in [0.2, 0.25) is 0 Å². The van der Waals surface area contributed by atoms with Crippen molar-refractivity contribution in [3.8, 4) is 0 Å². The maximum absolute atomic E-state index is 3.36. The number of rotatable bonds is 9. The molecule has 0 bridgehead atoms. The van der Waals surface area contributed by atoms with Crippen LogP contribution < -0.4 is 0 Å². The molecule has 116 valence electrons. The van der Waals surface area contributed by atoms with Gasteiger partial charge in [0.15, 0.2) is 0 Å². The molecule has 19 heavy (non-hydrogen) atoms. The van der Waals surface area contributed by atoms with Gasteiger partial charge in [-0.25, -0.2) is 0 Å². The zero-order valence-electron chi connectivity index (χ0n) is 14.3. The minimum absolute atomic E-state index is 1.14. The first-order valence-electron chi connectivity index (χ1n) is 7.07. The van der Waals surface area contributed by atoms with Crippen molar-refractivity contribution in [3.63, 3.8) is 0 Å². The van der Waals surface area contributed by atoms with E-state index < -0.39 is 0 Å². The number of hydrogen-bond donors (Lipinski definition) is 0. The zero-order chi connectivity index (χ0) is 15.3. The molecule has 0 atom stereocenters. The first-order chi connectivity index (χ1) is 8.83. The molecule has 0 fully saturated rings. The summed E-state index contributed by atoms with van der Waals surface area (Å²) >= 11 is 0. The lowest BCUT2D eigenvalue weighted by atomic mass is 10.4. The Labute approximate surface area is 121 Å². The smallest absolute Gasteiger partial charge is 0.0107 e. The molecule has 0 rings (SSSR count). The largest absolute Gasteiger partial charge is 0.308 e. The Balaban J connectivity index is 0. The van der Waals surface area contributed by atoms with Crippen molar-refractivity contribution in [2.24, 2.45) is 0 Å². The van der Waals surface area contributed by atoms with E-state index in [-0.39, 0.29) is 0 Å². The van der Waals surface area contributed by atoms with Crippen molar-refractivity contribution in [1.82, 2.24) is 19.6 Å². The highest BCUT2D eigenvalue weighted by molar-refractivity contribution is 4.59. The van der Waals surface area contributed by atoms with Crippen LogP contribution in [0.3, 0.4) is 0 Å². The van der Waals surface area contributed by atoms with Crippen molar-refractivity contribution in [1.29, 1.82) is 0 Å². The average molecular weight is 272 g/mol. The van der Waals surface area contributed by atoms with Crippen molar-refractivity contribution in [2.45, 2.75) is 6.92 Å². The molecule has 0 aliphatic heterocycles. The van der Waals surface area contributed by atoms with Crippen LogP contribution in [-0.4, -0.2) is 101 Å². The van der Waals surface area contributed by atoms with Gasteiger partial charge in [-0.2, -0.15) is 0 Å². The fourth-order valence-corrected chi connectivity index (χ4v) is 1.31. The summed E-state index contributed by atoms with van der Waals surface area (Å²) in [4.78, 5) is 9.25. The summed E-state index contributed by atoms with van der Waals surface area (Å²) in [7, 11) is 12.9. The summed E-state index contributed by atoms with van der Waals surface area (Å²) < 4.78 is 0. The topological polar surface area (TPSA) is 13.0 Å². The highest BCUT2D eigenvalue weighted by Gasteiger charge is 2.02. The van der Waals surface area contributed by atoms with Gasteiger partial charge in [0.1, 0.15) is 0 Å². The van der Waals surface area contributed by atoms with Gasteiger partial charge in [0.25, 0.3) is 0 Å². The van der Waals surface area contributed by atoms with Crippen LogP contribution >= 0.6 is 0 Å². The highest BCUT2D eigenvalue weighted by Crippen LogP contribution is 1.88.